The van der Waals surface area contributed by atoms with E-state index in [1.54, 1.807) is 6.07 Å². The number of aryl methyl sites for hydroxylation is 2. The number of benzene rings is 1. The predicted octanol–water partition coefficient (Wildman–Crippen LogP) is 3.60. The van der Waals surface area contributed by atoms with Gasteiger partial charge in [0.2, 0.25) is 0 Å². The number of nitrogens with two attached hydrogens (primary N) is 1. The van der Waals surface area contributed by atoms with Crippen molar-refractivity contribution in [2.75, 3.05) is 5.43 Å². The van der Waals surface area contributed by atoms with E-state index in [9.17, 15) is 4.39 Å². The van der Waals surface area contributed by atoms with Gasteiger partial charge in [-0.2, -0.15) is 0 Å². The number of nitrogens with zero attached hydrogens (tertiary/aromatic N) is 1. The molecular formula is C13H15BrFN3. The van der Waals surface area contributed by atoms with Gasteiger partial charge in [-0.15, -0.1) is 0 Å². The molecule has 1 heterocycles. The highest BCUT2D eigenvalue weighted by Crippen LogP contribution is 2.35. The number of hydrazine groups is 1. The number of halogens is 2. The van der Waals surface area contributed by atoms with Gasteiger partial charge < -0.3 is 5.43 Å². The molecule has 0 bridgehead atoms. The third-order valence-corrected chi connectivity index (χ3v) is 3.74. The molecular weight excluding hydrogens is 297 g/mol. The van der Waals surface area contributed by atoms with Gasteiger partial charge in [0.25, 0.3) is 0 Å². The van der Waals surface area contributed by atoms with Crippen LogP contribution in [0.4, 0.5) is 10.1 Å². The zero-order chi connectivity index (χ0) is 13.4. The van der Waals surface area contributed by atoms with E-state index in [0.717, 1.165) is 23.2 Å². The van der Waals surface area contributed by atoms with E-state index in [4.69, 9.17) is 5.84 Å². The van der Waals surface area contributed by atoms with Gasteiger partial charge in [0.15, 0.2) is 0 Å². The molecule has 0 aliphatic carbocycles. The first-order chi connectivity index (χ1) is 8.51. The van der Waals surface area contributed by atoms with E-state index in [1.807, 2.05) is 20.8 Å². The van der Waals surface area contributed by atoms with E-state index in [1.165, 1.54) is 0 Å². The van der Waals surface area contributed by atoms with Crippen molar-refractivity contribution in [1.82, 2.24) is 4.98 Å². The molecule has 0 fully saturated rings. The van der Waals surface area contributed by atoms with Crippen LogP contribution in [0.1, 0.15) is 23.7 Å². The zero-order valence-corrected chi connectivity index (χ0v) is 12.2. The second-order valence-corrected chi connectivity index (χ2v) is 5.12. The maximum Gasteiger partial charge on any atom is 0.148 e. The Bertz CT molecular complexity index is 626. The van der Waals surface area contributed by atoms with Crippen molar-refractivity contribution in [3.8, 4) is 0 Å². The molecule has 2 aromatic rings. The quantitative estimate of drug-likeness (QED) is 0.658. The van der Waals surface area contributed by atoms with Gasteiger partial charge in [-0.25, -0.2) is 4.39 Å². The lowest BCUT2D eigenvalue weighted by Gasteiger charge is -2.15. The summed E-state index contributed by atoms with van der Waals surface area (Å²) in [6, 6.07) is 1.74. The van der Waals surface area contributed by atoms with Gasteiger partial charge in [-0.05, 0) is 53.4 Å². The molecule has 5 heteroatoms. The van der Waals surface area contributed by atoms with Crippen LogP contribution in [0.2, 0.25) is 0 Å². The number of pyridine rings is 1. The third-order valence-electron chi connectivity index (χ3n) is 3.17. The van der Waals surface area contributed by atoms with E-state index in [0.29, 0.717) is 21.1 Å². The maximum atomic E-state index is 14.3. The Balaban J connectivity index is 3.02. The smallest absolute Gasteiger partial charge is 0.148 e. The standard InChI is InChI=1S/C13H15BrFN3/c1-4-9-7(3)13(18-16)10-11(15)8(14)5-6(2)12(10)17-9/h5H,4,16H2,1-3H3,(H,17,18). The molecule has 0 aliphatic rings. The zero-order valence-electron chi connectivity index (χ0n) is 10.6. The molecule has 0 aliphatic heterocycles. The summed E-state index contributed by atoms with van der Waals surface area (Å²) >= 11 is 3.22. The summed E-state index contributed by atoms with van der Waals surface area (Å²) in [5.74, 6) is 5.22. The van der Waals surface area contributed by atoms with Gasteiger partial charge in [0.1, 0.15) is 5.82 Å². The van der Waals surface area contributed by atoms with Crippen LogP contribution in [0.25, 0.3) is 10.9 Å². The minimum absolute atomic E-state index is 0.332. The average molecular weight is 312 g/mol. The number of aromatic nitrogens is 1. The van der Waals surface area contributed by atoms with Crippen molar-refractivity contribution >= 4 is 32.5 Å². The van der Waals surface area contributed by atoms with Crippen LogP contribution >= 0.6 is 15.9 Å². The van der Waals surface area contributed by atoms with Crippen molar-refractivity contribution in [1.29, 1.82) is 0 Å². The van der Waals surface area contributed by atoms with Gasteiger partial charge in [-0.1, -0.05) is 6.92 Å². The van der Waals surface area contributed by atoms with Crippen LogP contribution in [0.5, 0.6) is 0 Å². The van der Waals surface area contributed by atoms with Crippen LogP contribution in [0.15, 0.2) is 10.5 Å². The molecule has 3 nitrogen and oxygen atoms in total. The minimum atomic E-state index is -0.332. The molecule has 18 heavy (non-hydrogen) atoms. The number of fused-ring (bicyclic) bond motifs is 1. The first kappa shape index (κ1) is 13.2. The topological polar surface area (TPSA) is 50.9 Å². The summed E-state index contributed by atoms with van der Waals surface area (Å²) in [5.41, 5.74) is 6.62. The molecule has 1 aromatic carbocycles. The average Bonchev–Trinajstić information content (AvgIpc) is 2.35. The molecule has 0 radical (unpaired) electrons. The first-order valence-electron chi connectivity index (χ1n) is 5.75. The van der Waals surface area contributed by atoms with Gasteiger partial charge >= 0.3 is 0 Å². The van der Waals surface area contributed by atoms with Crippen LogP contribution in [0, 0.1) is 19.7 Å². The highest BCUT2D eigenvalue weighted by Gasteiger charge is 2.17. The Hall–Kier alpha value is -1.20. The predicted molar refractivity (Wildman–Crippen MR) is 76.1 cm³/mol. The minimum Gasteiger partial charge on any atom is -0.323 e. The van der Waals surface area contributed by atoms with Crippen LogP contribution in [-0.2, 0) is 6.42 Å². The van der Waals surface area contributed by atoms with Crippen molar-refractivity contribution < 1.29 is 4.39 Å². The Morgan fingerprint density at radius 2 is 2.11 bits per heavy atom. The van der Waals surface area contributed by atoms with Gasteiger partial charge in [0, 0.05) is 5.69 Å². The Morgan fingerprint density at radius 3 is 2.67 bits per heavy atom. The fourth-order valence-electron chi connectivity index (χ4n) is 2.19. The molecule has 0 unspecified atom stereocenters. The fraction of sp³-hybridized carbons (Fsp3) is 0.308. The molecule has 0 amide bonds. The summed E-state index contributed by atoms with van der Waals surface area (Å²) in [5, 5.41) is 0.444. The van der Waals surface area contributed by atoms with E-state index in [2.05, 4.69) is 26.3 Å². The summed E-state index contributed by atoms with van der Waals surface area (Å²) in [7, 11) is 0. The number of anilines is 1. The normalized spacial score (nSPS) is 11.0. The number of hydrogen-bond acceptors (Lipinski definition) is 3. The highest BCUT2D eigenvalue weighted by atomic mass is 79.9. The van der Waals surface area contributed by atoms with E-state index >= 15 is 0 Å². The summed E-state index contributed by atoms with van der Waals surface area (Å²) < 4.78 is 14.7. The SMILES string of the molecule is CCc1nc2c(C)cc(Br)c(F)c2c(NN)c1C. The largest absolute Gasteiger partial charge is 0.323 e. The van der Waals surface area contributed by atoms with Crippen molar-refractivity contribution in [3.05, 3.63) is 33.2 Å². The Labute approximate surface area is 114 Å². The van der Waals surface area contributed by atoms with Gasteiger partial charge in [0.05, 0.1) is 21.1 Å². The number of rotatable bonds is 2. The van der Waals surface area contributed by atoms with E-state index < -0.39 is 0 Å². The summed E-state index contributed by atoms with van der Waals surface area (Å²) in [6.07, 6.45) is 0.785. The van der Waals surface area contributed by atoms with Crippen molar-refractivity contribution in [2.24, 2.45) is 5.84 Å². The second kappa shape index (κ2) is 4.82. The second-order valence-electron chi connectivity index (χ2n) is 4.27. The number of nitrogen functional groups attached to an aromatic ring is 1. The van der Waals surface area contributed by atoms with Crippen LogP contribution in [0.3, 0.4) is 0 Å². The number of hydrogen-bond donors (Lipinski definition) is 2. The summed E-state index contributed by atoms with van der Waals surface area (Å²) in [4.78, 5) is 4.55. The van der Waals surface area contributed by atoms with E-state index in [-0.39, 0.29) is 5.82 Å². The van der Waals surface area contributed by atoms with Crippen LogP contribution < -0.4 is 11.3 Å². The van der Waals surface area contributed by atoms with Crippen molar-refractivity contribution in [3.63, 3.8) is 0 Å². The third kappa shape index (κ3) is 1.87. The lowest BCUT2D eigenvalue weighted by atomic mass is 10.0. The molecule has 0 atom stereocenters. The lowest BCUT2D eigenvalue weighted by Crippen LogP contribution is -2.12. The molecule has 0 saturated heterocycles. The Kier molecular flexibility index (Phi) is 3.54. The molecule has 3 N–H and O–H groups in total. The molecule has 0 spiro atoms. The summed E-state index contributed by atoms with van der Waals surface area (Å²) in [6.45, 7) is 5.83. The molecule has 96 valence electrons. The monoisotopic (exact) mass is 311 g/mol. The fourth-order valence-corrected chi connectivity index (χ4v) is 2.73. The number of nitrogens with one attached hydrogen (secondary N) is 1. The highest BCUT2D eigenvalue weighted by molar-refractivity contribution is 9.10. The van der Waals surface area contributed by atoms with Gasteiger partial charge in [-0.3, -0.25) is 10.8 Å². The first-order valence-corrected chi connectivity index (χ1v) is 6.54. The Morgan fingerprint density at radius 1 is 1.44 bits per heavy atom. The molecule has 0 saturated carbocycles. The lowest BCUT2D eigenvalue weighted by molar-refractivity contribution is 0.632. The molecule has 2 rings (SSSR count). The maximum absolute atomic E-state index is 14.3. The molecule has 1 aromatic heterocycles. The van der Waals surface area contributed by atoms with Crippen LogP contribution in [-0.4, -0.2) is 4.98 Å². The van der Waals surface area contributed by atoms with Crippen molar-refractivity contribution in [2.45, 2.75) is 27.2 Å².